The van der Waals surface area contributed by atoms with Crippen molar-refractivity contribution in [1.82, 2.24) is 14.1 Å². The maximum atomic E-state index is 3.91. The first-order valence-electron chi connectivity index (χ1n) is 6.13. The van der Waals surface area contributed by atoms with Gasteiger partial charge in [-0.3, -0.25) is 0 Å². The summed E-state index contributed by atoms with van der Waals surface area (Å²) in [5, 5.41) is 0. The minimum Gasteiger partial charge on any atom is -0.349 e. The summed E-state index contributed by atoms with van der Waals surface area (Å²) in [7, 11) is 0. The third-order valence-electron chi connectivity index (χ3n) is 2.67. The second kappa shape index (κ2) is 6.28. The molecule has 0 aliphatic carbocycles. The van der Waals surface area contributed by atoms with E-state index >= 15 is 0 Å². The van der Waals surface area contributed by atoms with Crippen LogP contribution in [0.3, 0.4) is 0 Å². The number of nitrogens with zero attached hydrogens (tertiary/aromatic N) is 3. The Bertz CT molecular complexity index is 410. The lowest BCUT2D eigenvalue weighted by molar-refractivity contribution is 0.589. The van der Waals surface area contributed by atoms with Gasteiger partial charge < -0.3 is 9.13 Å². The molecular formula is C14H23N3. The molecule has 0 spiro atoms. The van der Waals surface area contributed by atoms with Crippen LogP contribution in [0, 0.1) is 6.92 Å². The Balaban J connectivity index is 0.000000171. The molecular weight excluding hydrogens is 210 g/mol. The highest BCUT2D eigenvalue weighted by molar-refractivity contribution is 5.05. The lowest BCUT2D eigenvalue weighted by atomic mass is 10.4. The van der Waals surface area contributed by atoms with E-state index in [-0.39, 0.29) is 0 Å². The number of hydrogen-bond acceptors (Lipinski definition) is 1. The zero-order chi connectivity index (χ0) is 12.8. The number of aromatic nitrogens is 3. The molecule has 2 aromatic rings. The number of hydrogen-bond donors (Lipinski definition) is 0. The molecule has 2 rings (SSSR count). The Labute approximate surface area is 104 Å². The van der Waals surface area contributed by atoms with Crippen molar-refractivity contribution in [2.45, 2.75) is 46.7 Å². The molecule has 0 aromatic carbocycles. The van der Waals surface area contributed by atoms with Gasteiger partial charge in [-0.1, -0.05) is 0 Å². The minimum atomic E-state index is 0.539. The molecule has 3 heteroatoms. The number of imidazole rings is 1. The lowest BCUT2D eigenvalue weighted by Gasteiger charge is -2.08. The Morgan fingerprint density at radius 1 is 1.06 bits per heavy atom. The van der Waals surface area contributed by atoms with Gasteiger partial charge in [0, 0.05) is 36.4 Å². The molecule has 0 aliphatic rings. The van der Waals surface area contributed by atoms with E-state index in [1.165, 1.54) is 5.69 Å². The molecule has 3 nitrogen and oxygen atoms in total. The Kier molecular flexibility index (Phi) is 5.01. The summed E-state index contributed by atoms with van der Waals surface area (Å²) in [5.41, 5.74) is 1.34. The zero-order valence-electron chi connectivity index (χ0n) is 11.5. The summed E-state index contributed by atoms with van der Waals surface area (Å²) < 4.78 is 4.31. The molecule has 0 amide bonds. The standard InChI is InChI=1S/C8H13N.C6H10N2/c1-7(2)9-6-4-5-8(9)3;1-6(2)8-4-3-7-5-8/h4-7H,1-3H3;3-6H,1-2H3. The molecule has 0 saturated heterocycles. The fourth-order valence-electron chi connectivity index (χ4n) is 1.63. The highest BCUT2D eigenvalue weighted by atomic mass is 15.0. The predicted molar refractivity (Wildman–Crippen MR) is 72.2 cm³/mol. The van der Waals surface area contributed by atoms with Gasteiger partial charge >= 0.3 is 0 Å². The summed E-state index contributed by atoms with van der Waals surface area (Å²) in [5.74, 6) is 0. The maximum absolute atomic E-state index is 3.91. The van der Waals surface area contributed by atoms with Crippen molar-refractivity contribution in [2.24, 2.45) is 0 Å². The van der Waals surface area contributed by atoms with Gasteiger partial charge in [-0.05, 0) is 46.8 Å². The SMILES string of the molecule is CC(C)n1ccnc1.Cc1cccn1C(C)C. The molecule has 0 radical (unpaired) electrons. The van der Waals surface area contributed by atoms with E-state index in [1.807, 2.05) is 12.5 Å². The Morgan fingerprint density at radius 2 is 1.76 bits per heavy atom. The molecule has 2 heterocycles. The van der Waals surface area contributed by atoms with Crippen molar-refractivity contribution in [1.29, 1.82) is 0 Å². The van der Waals surface area contributed by atoms with Crippen molar-refractivity contribution in [2.75, 3.05) is 0 Å². The van der Waals surface area contributed by atoms with Crippen LogP contribution in [0.25, 0.3) is 0 Å². The van der Waals surface area contributed by atoms with E-state index in [2.05, 4.69) is 67.1 Å². The van der Waals surface area contributed by atoms with Gasteiger partial charge in [-0.15, -0.1) is 0 Å². The molecule has 2 aromatic heterocycles. The smallest absolute Gasteiger partial charge is 0.0948 e. The third-order valence-corrected chi connectivity index (χ3v) is 2.67. The van der Waals surface area contributed by atoms with Crippen LogP contribution in [-0.4, -0.2) is 14.1 Å². The highest BCUT2D eigenvalue weighted by Gasteiger charge is 1.96. The molecule has 94 valence electrons. The first-order valence-corrected chi connectivity index (χ1v) is 6.13. The van der Waals surface area contributed by atoms with Crippen molar-refractivity contribution >= 4 is 0 Å². The second-order valence-electron chi connectivity index (χ2n) is 4.75. The first kappa shape index (κ1) is 13.6. The van der Waals surface area contributed by atoms with Crippen LogP contribution in [0.2, 0.25) is 0 Å². The average Bonchev–Trinajstić information content (AvgIpc) is 2.87. The molecule has 0 bridgehead atoms. The fraction of sp³-hybridized carbons (Fsp3) is 0.500. The van der Waals surface area contributed by atoms with Crippen LogP contribution in [0.5, 0.6) is 0 Å². The van der Waals surface area contributed by atoms with Crippen LogP contribution in [0.1, 0.15) is 45.5 Å². The van der Waals surface area contributed by atoms with Crippen molar-refractivity contribution in [3.05, 3.63) is 42.7 Å². The molecule has 0 unspecified atom stereocenters. The van der Waals surface area contributed by atoms with Crippen LogP contribution in [-0.2, 0) is 0 Å². The van der Waals surface area contributed by atoms with Crippen LogP contribution < -0.4 is 0 Å². The number of aryl methyl sites for hydroxylation is 1. The normalized spacial score (nSPS) is 10.5. The van der Waals surface area contributed by atoms with E-state index in [0.717, 1.165) is 0 Å². The van der Waals surface area contributed by atoms with Gasteiger partial charge in [0.15, 0.2) is 0 Å². The molecule has 0 saturated carbocycles. The van der Waals surface area contributed by atoms with Gasteiger partial charge in [0.2, 0.25) is 0 Å². The average molecular weight is 233 g/mol. The van der Waals surface area contributed by atoms with E-state index < -0.39 is 0 Å². The van der Waals surface area contributed by atoms with Gasteiger partial charge in [0.25, 0.3) is 0 Å². The molecule has 0 aliphatic heterocycles. The predicted octanol–water partition coefficient (Wildman–Crippen LogP) is 3.84. The van der Waals surface area contributed by atoms with Crippen LogP contribution in [0.15, 0.2) is 37.1 Å². The number of rotatable bonds is 2. The van der Waals surface area contributed by atoms with Crippen molar-refractivity contribution in [3.8, 4) is 0 Å². The lowest BCUT2D eigenvalue weighted by Crippen LogP contribution is -1.99. The Morgan fingerprint density at radius 3 is 2.00 bits per heavy atom. The summed E-state index contributed by atoms with van der Waals surface area (Å²) in [6.45, 7) is 10.8. The topological polar surface area (TPSA) is 22.8 Å². The summed E-state index contributed by atoms with van der Waals surface area (Å²) in [6, 6.07) is 5.34. The Hall–Kier alpha value is -1.51. The van der Waals surface area contributed by atoms with Gasteiger partial charge in [-0.2, -0.15) is 0 Å². The molecule has 0 N–H and O–H groups in total. The van der Waals surface area contributed by atoms with Gasteiger partial charge in [0.1, 0.15) is 0 Å². The van der Waals surface area contributed by atoms with E-state index in [1.54, 1.807) is 6.20 Å². The van der Waals surface area contributed by atoms with Crippen molar-refractivity contribution < 1.29 is 0 Å². The van der Waals surface area contributed by atoms with Crippen LogP contribution in [0.4, 0.5) is 0 Å². The van der Waals surface area contributed by atoms with Crippen LogP contribution >= 0.6 is 0 Å². The molecule has 0 atom stereocenters. The monoisotopic (exact) mass is 233 g/mol. The zero-order valence-corrected chi connectivity index (χ0v) is 11.5. The largest absolute Gasteiger partial charge is 0.349 e. The summed E-state index contributed by atoms with van der Waals surface area (Å²) in [4.78, 5) is 3.91. The quantitative estimate of drug-likeness (QED) is 0.772. The second-order valence-corrected chi connectivity index (χ2v) is 4.75. The first-order chi connectivity index (χ1) is 8.02. The van der Waals surface area contributed by atoms with E-state index in [4.69, 9.17) is 0 Å². The third kappa shape index (κ3) is 4.10. The molecule has 17 heavy (non-hydrogen) atoms. The maximum Gasteiger partial charge on any atom is 0.0948 e. The highest BCUT2D eigenvalue weighted by Crippen LogP contribution is 2.08. The van der Waals surface area contributed by atoms with Gasteiger partial charge in [-0.25, -0.2) is 4.98 Å². The van der Waals surface area contributed by atoms with Crippen molar-refractivity contribution in [3.63, 3.8) is 0 Å². The van der Waals surface area contributed by atoms with Gasteiger partial charge in [0.05, 0.1) is 6.33 Å². The van der Waals surface area contributed by atoms with E-state index in [9.17, 15) is 0 Å². The summed E-state index contributed by atoms with van der Waals surface area (Å²) >= 11 is 0. The summed E-state index contributed by atoms with van der Waals surface area (Å²) in [6.07, 6.45) is 7.69. The minimum absolute atomic E-state index is 0.539. The van der Waals surface area contributed by atoms with E-state index in [0.29, 0.717) is 12.1 Å². The molecule has 0 fully saturated rings. The fourth-order valence-corrected chi connectivity index (χ4v) is 1.63.